The van der Waals surface area contributed by atoms with Crippen LogP contribution in [0.2, 0.25) is 0 Å². The van der Waals surface area contributed by atoms with Crippen LogP contribution in [0.5, 0.6) is 0 Å². The zero-order chi connectivity index (χ0) is 14.5. The molecule has 2 aromatic heterocycles. The molecule has 3 rings (SSSR count). The van der Waals surface area contributed by atoms with Gasteiger partial charge >= 0.3 is 6.03 Å². The van der Waals surface area contributed by atoms with Crippen LogP contribution in [0.25, 0.3) is 5.82 Å². The second-order valence-electron chi connectivity index (χ2n) is 4.22. The number of pyridine rings is 1. The van der Waals surface area contributed by atoms with Gasteiger partial charge < -0.3 is 10.6 Å². The monoisotopic (exact) mass is 280 g/mol. The van der Waals surface area contributed by atoms with E-state index >= 15 is 0 Å². The van der Waals surface area contributed by atoms with Crippen molar-refractivity contribution in [3.05, 3.63) is 61.3 Å². The van der Waals surface area contributed by atoms with Crippen molar-refractivity contribution in [2.24, 2.45) is 0 Å². The van der Waals surface area contributed by atoms with Crippen LogP contribution in [0.4, 0.5) is 16.2 Å². The molecule has 0 saturated heterocycles. The van der Waals surface area contributed by atoms with E-state index in [1.807, 2.05) is 30.3 Å². The second-order valence-corrected chi connectivity index (χ2v) is 4.22. The predicted molar refractivity (Wildman–Crippen MR) is 78.2 cm³/mol. The number of benzene rings is 1. The molecule has 0 aliphatic carbocycles. The summed E-state index contributed by atoms with van der Waals surface area (Å²) in [7, 11) is 0. The Hall–Kier alpha value is -3.22. The minimum atomic E-state index is -0.319. The van der Waals surface area contributed by atoms with Crippen LogP contribution in [0.3, 0.4) is 0 Å². The molecule has 0 saturated carbocycles. The Bertz CT molecular complexity index is 709. The quantitative estimate of drug-likeness (QED) is 0.771. The molecule has 0 radical (unpaired) electrons. The van der Waals surface area contributed by atoms with Gasteiger partial charge in [0.2, 0.25) is 0 Å². The molecule has 0 atom stereocenters. The van der Waals surface area contributed by atoms with Gasteiger partial charge in [0.25, 0.3) is 0 Å². The molecule has 7 nitrogen and oxygen atoms in total. The summed E-state index contributed by atoms with van der Waals surface area (Å²) in [4.78, 5) is 16.0. The van der Waals surface area contributed by atoms with E-state index in [4.69, 9.17) is 0 Å². The van der Waals surface area contributed by atoms with Crippen LogP contribution < -0.4 is 10.6 Å². The molecular formula is C14H12N6O. The number of hydrogen-bond donors (Lipinski definition) is 2. The third-order valence-corrected chi connectivity index (χ3v) is 2.72. The molecule has 104 valence electrons. The van der Waals surface area contributed by atoms with Gasteiger partial charge in [-0.2, -0.15) is 0 Å². The van der Waals surface area contributed by atoms with Crippen molar-refractivity contribution in [1.29, 1.82) is 0 Å². The molecular weight excluding hydrogens is 268 g/mol. The minimum Gasteiger partial charge on any atom is -0.308 e. The lowest BCUT2D eigenvalue weighted by Gasteiger charge is -2.07. The molecule has 0 fully saturated rings. The highest BCUT2D eigenvalue weighted by Crippen LogP contribution is 2.10. The smallest absolute Gasteiger partial charge is 0.308 e. The highest BCUT2D eigenvalue weighted by molar-refractivity contribution is 5.99. The number of urea groups is 1. The summed E-state index contributed by atoms with van der Waals surface area (Å²) in [6.45, 7) is 0. The first-order valence-corrected chi connectivity index (χ1v) is 6.25. The maximum Gasteiger partial charge on any atom is 0.323 e. The zero-order valence-electron chi connectivity index (χ0n) is 11.0. The van der Waals surface area contributed by atoms with Crippen molar-refractivity contribution in [2.45, 2.75) is 0 Å². The van der Waals surface area contributed by atoms with Gasteiger partial charge in [-0.1, -0.05) is 18.2 Å². The van der Waals surface area contributed by atoms with Gasteiger partial charge in [0, 0.05) is 5.69 Å². The number of hydrogen-bond acceptors (Lipinski definition) is 4. The number of anilines is 2. The highest BCUT2D eigenvalue weighted by atomic mass is 16.2. The van der Waals surface area contributed by atoms with Gasteiger partial charge in [0.05, 0.1) is 11.9 Å². The summed E-state index contributed by atoms with van der Waals surface area (Å²) in [5, 5.41) is 12.9. The molecule has 7 heteroatoms. The van der Waals surface area contributed by atoms with Crippen molar-refractivity contribution in [2.75, 3.05) is 10.6 Å². The first-order valence-electron chi connectivity index (χ1n) is 6.25. The lowest BCUT2D eigenvalue weighted by Crippen LogP contribution is -2.19. The van der Waals surface area contributed by atoms with E-state index in [1.54, 1.807) is 35.6 Å². The predicted octanol–water partition coefficient (Wildman–Crippen LogP) is 2.31. The standard InChI is InChI=1S/C14H12N6O/c21-14(18-11-4-2-1-3-5-11)19-12-6-7-13(15-8-12)20-9-16-17-10-20/h1-10H,(H2,18,19,21). The van der Waals surface area contributed by atoms with Crippen molar-refractivity contribution in [1.82, 2.24) is 19.7 Å². The molecule has 0 bridgehead atoms. The van der Waals surface area contributed by atoms with E-state index < -0.39 is 0 Å². The highest BCUT2D eigenvalue weighted by Gasteiger charge is 2.03. The topological polar surface area (TPSA) is 84.7 Å². The SMILES string of the molecule is O=C(Nc1ccccc1)Nc1ccc(-n2cnnc2)nc1. The van der Waals surface area contributed by atoms with E-state index in [-0.39, 0.29) is 6.03 Å². The Balaban J connectivity index is 1.64. The summed E-state index contributed by atoms with van der Waals surface area (Å²) in [5.41, 5.74) is 1.32. The lowest BCUT2D eigenvalue weighted by molar-refractivity contribution is 0.262. The molecule has 0 aliphatic heterocycles. The second kappa shape index (κ2) is 5.83. The summed E-state index contributed by atoms with van der Waals surface area (Å²) >= 11 is 0. The Morgan fingerprint density at radius 1 is 0.905 bits per heavy atom. The summed E-state index contributed by atoms with van der Waals surface area (Å²) < 4.78 is 1.67. The maximum absolute atomic E-state index is 11.8. The van der Waals surface area contributed by atoms with Crippen LogP contribution in [0.15, 0.2) is 61.3 Å². The van der Waals surface area contributed by atoms with E-state index in [0.717, 1.165) is 5.69 Å². The first-order chi connectivity index (χ1) is 10.3. The van der Waals surface area contributed by atoms with E-state index in [0.29, 0.717) is 11.5 Å². The fourth-order valence-electron chi connectivity index (χ4n) is 1.75. The average Bonchev–Trinajstić information content (AvgIpc) is 3.03. The summed E-state index contributed by atoms with van der Waals surface area (Å²) in [6.07, 6.45) is 4.68. The number of rotatable bonds is 3. The fourth-order valence-corrected chi connectivity index (χ4v) is 1.75. The molecule has 2 heterocycles. The van der Waals surface area contributed by atoms with E-state index in [9.17, 15) is 4.79 Å². The number of carbonyl (C=O) groups is 1. The van der Waals surface area contributed by atoms with E-state index in [2.05, 4.69) is 25.8 Å². The number of amides is 2. The Morgan fingerprint density at radius 2 is 1.62 bits per heavy atom. The molecule has 21 heavy (non-hydrogen) atoms. The normalized spacial score (nSPS) is 10.1. The molecule has 0 aliphatic rings. The Labute approximate surface area is 120 Å². The summed E-state index contributed by atoms with van der Waals surface area (Å²) in [5.74, 6) is 0.675. The van der Waals surface area contributed by atoms with Gasteiger partial charge in [0.1, 0.15) is 18.5 Å². The van der Waals surface area contributed by atoms with Gasteiger partial charge in [0.15, 0.2) is 0 Å². The van der Waals surface area contributed by atoms with Crippen LogP contribution >= 0.6 is 0 Å². The van der Waals surface area contributed by atoms with Crippen LogP contribution in [-0.2, 0) is 0 Å². The number of nitrogens with one attached hydrogen (secondary N) is 2. The number of aromatic nitrogens is 4. The van der Waals surface area contributed by atoms with Crippen LogP contribution in [-0.4, -0.2) is 25.8 Å². The van der Waals surface area contributed by atoms with Crippen LogP contribution in [0.1, 0.15) is 0 Å². The third kappa shape index (κ3) is 3.21. The Morgan fingerprint density at radius 3 is 2.29 bits per heavy atom. The minimum absolute atomic E-state index is 0.319. The van der Waals surface area contributed by atoms with Crippen molar-refractivity contribution in [3.63, 3.8) is 0 Å². The molecule has 3 aromatic rings. The molecule has 0 spiro atoms. The zero-order valence-corrected chi connectivity index (χ0v) is 11.0. The maximum atomic E-state index is 11.8. The molecule has 0 unspecified atom stereocenters. The van der Waals surface area contributed by atoms with E-state index in [1.165, 1.54) is 0 Å². The summed E-state index contributed by atoms with van der Waals surface area (Å²) in [6, 6.07) is 12.4. The first kappa shape index (κ1) is 12.8. The van der Waals surface area contributed by atoms with Crippen molar-refractivity contribution < 1.29 is 4.79 Å². The average molecular weight is 280 g/mol. The van der Waals surface area contributed by atoms with Gasteiger partial charge in [-0.05, 0) is 24.3 Å². The van der Waals surface area contributed by atoms with Gasteiger partial charge in [-0.15, -0.1) is 10.2 Å². The largest absolute Gasteiger partial charge is 0.323 e. The van der Waals surface area contributed by atoms with Gasteiger partial charge in [-0.3, -0.25) is 4.57 Å². The number of nitrogens with zero attached hydrogens (tertiary/aromatic N) is 4. The fraction of sp³-hybridized carbons (Fsp3) is 0. The molecule has 1 aromatic carbocycles. The van der Waals surface area contributed by atoms with Crippen molar-refractivity contribution >= 4 is 17.4 Å². The van der Waals surface area contributed by atoms with Crippen molar-refractivity contribution in [3.8, 4) is 5.82 Å². The Kier molecular flexibility index (Phi) is 3.55. The number of carbonyl (C=O) groups excluding carboxylic acids is 1. The number of para-hydroxylation sites is 1. The van der Waals surface area contributed by atoms with Gasteiger partial charge in [-0.25, -0.2) is 9.78 Å². The molecule has 2 amide bonds. The third-order valence-electron chi connectivity index (χ3n) is 2.72. The lowest BCUT2D eigenvalue weighted by atomic mass is 10.3. The van der Waals surface area contributed by atoms with Crippen LogP contribution in [0, 0.1) is 0 Å². The molecule has 2 N–H and O–H groups in total.